The summed E-state index contributed by atoms with van der Waals surface area (Å²) in [6.45, 7) is 4.84. The van der Waals surface area contributed by atoms with Crippen LogP contribution < -0.4 is 5.32 Å². The lowest BCUT2D eigenvalue weighted by molar-refractivity contribution is -0.163. The molecule has 2 heterocycles. The van der Waals surface area contributed by atoms with Crippen LogP contribution in [0.5, 0.6) is 0 Å². The molecule has 0 bridgehead atoms. The summed E-state index contributed by atoms with van der Waals surface area (Å²) in [7, 11) is 0. The molecule has 0 saturated heterocycles. The lowest BCUT2D eigenvalue weighted by Gasteiger charge is -2.26. The summed E-state index contributed by atoms with van der Waals surface area (Å²) < 4.78 is 6.69. The number of hydrogen-bond acceptors (Lipinski definition) is 7. The van der Waals surface area contributed by atoms with Gasteiger partial charge >= 0.3 is 5.97 Å². The summed E-state index contributed by atoms with van der Waals surface area (Å²) in [6, 6.07) is 20.4. The molecule has 4 aromatic rings. The number of amides is 1. The van der Waals surface area contributed by atoms with Crippen LogP contribution in [0.4, 0.5) is 5.82 Å². The molecule has 0 radical (unpaired) electrons. The average Bonchev–Trinajstić information content (AvgIpc) is 3.22. The van der Waals surface area contributed by atoms with E-state index in [1.807, 2.05) is 19.9 Å². The predicted octanol–water partition coefficient (Wildman–Crippen LogP) is 3.01. The number of benzene rings is 2. The van der Waals surface area contributed by atoms with Gasteiger partial charge in [-0.3, -0.25) is 4.79 Å². The van der Waals surface area contributed by atoms with Crippen LogP contribution in [0.2, 0.25) is 0 Å². The molecular formula is C26H25N5O4. The standard InChI is InChI=1S/C26H25N5O4/c1-17-14-18(2)28-25(27-17)31-22(15-19(3)30-31)29-23(32)16-35-24(33)26(34,20-10-6-4-7-11-20)21-12-8-5-9-13-21/h4-15,34H,16H2,1-3H3,(H,29,32). The number of esters is 1. The third-order valence-corrected chi connectivity index (χ3v) is 5.27. The fraction of sp³-hybridized carbons (Fsp3) is 0.192. The van der Waals surface area contributed by atoms with Gasteiger partial charge in [-0.25, -0.2) is 14.8 Å². The van der Waals surface area contributed by atoms with Crippen molar-refractivity contribution in [3.8, 4) is 5.95 Å². The minimum absolute atomic E-state index is 0.311. The lowest BCUT2D eigenvalue weighted by atomic mass is 9.86. The molecule has 178 valence electrons. The number of carbonyl (C=O) groups is 2. The van der Waals surface area contributed by atoms with Gasteiger partial charge in [-0.1, -0.05) is 60.7 Å². The quantitative estimate of drug-likeness (QED) is 0.398. The van der Waals surface area contributed by atoms with Crippen LogP contribution in [-0.4, -0.2) is 43.3 Å². The maximum atomic E-state index is 13.1. The van der Waals surface area contributed by atoms with Crippen LogP contribution in [0.1, 0.15) is 28.2 Å². The van der Waals surface area contributed by atoms with Gasteiger partial charge in [0.25, 0.3) is 11.9 Å². The second kappa shape index (κ2) is 9.86. The molecule has 0 aliphatic heterocycles. The van der Waals surface area contributed by atoms with E-state index >= 15 is 0 Å². The maximum absolute atomic E-state index is 13.1. The Morgan fingerprint density at radius 3 is 1.97 bits per heavy atom. The van der Waals surface area contributed by atoms with E-state index in [0.29, 0.717) is 28.6 Å². The van der Waals surface area contributed by atoms with Crippen molar-refractivity contribution in [2.45, 2.75) is 26.4 Å². The first-order valence-electron chi connectivity index (χ1n) is 11.0. The van der Waals surface area contributed by atoms with Crippen molar-refractivity contribution >= 4 is 17.7 Å². The van der Waals surface area contributed by atoms with E-state index in [0.717, 1.165) is 11.4 Å². The highest BCUT2D eigenvalue weighted by molar-refractivity contribution is 5.93. The molecule has 0 unspecified atom stereocenters. The molecular weight excluding hydrogens is 446 g/mol. The van der Waals surface area contributed by atoms with Crippen molar-refractivity contribution in [3.63, 3.8) is 0 Å². The zero-order chi connectivity index (χ0) is 25.0. The number of hydrogen-bond donors (Lipinski definition) is 2. The second-order valence-corrected chi connectivity index (χ2v) is 8.10. The average molecular weight is 472 g/mol. The second-order valence-electron chi connectivity index (χ2n) is 8.10. The molecule has 0 fully saturated rings. The highest BCUT2D eigenvalue weighted by Crippen LogP contribution is 2.31. The Bertz CT molecular complexity index is 1290. The third kappa shape index (κ3) is 5.10. The van der Waals surface area contributed by atoms with Crippen LogP contribution in [0.25, 0.3) is 5.95 Å². The number of aromatic nitrogens is 4. The zero-order valence-corrected chi connectivity index (χ0v) is 19.6. The smallest absolute Gasteiger partial charge is 0.348 e. The molecule has 4 rings (SSSR count). The van der Waals surface area contributed by atoms with Gasteiger partial charge in [0.05, 0.1) is 5.69 Å². The number of carbonyl (C=O) groups excluding carboxylic acids is 2. The molecule has 0 saturated carbocycles. The fourth-order valence-corrected chi connectivity index (χ4v) is 3.72. The SMILES string of the molecule is Cc1cc(C)nc(-n2nc(C)cc2NC(=O)COC(=O)C(O)(c2ccccc2)c2ccccc2)n1. The fourth-order valence-electron chi connectivity index (χ4n) is 3.72. The number of ether oxygens (including phenoxy) is 1. The van der Waals surface area contributed by atoms with Gasteiger partial charge in [-0.05, 0) is 38.0 Å². The van der Waals surface area contributed by atoms with Crippen molar-refractivity contribution in [1.29, 1.82) is 0 Å². The van der Waals surface area contributed by atoms with Crippen molar-refractivity contribution in [3.05, 3.63) is 101 Å². The largest absolute Gasteiger partial charge is 0.453 e. The molecule has 0 spiro atoms. The predicted molar refractivity (Wildman–Crippen MR) is 129 cm³/mol. The number of nitrogens with zero attached hydrogens (tertiary/aromatic N) is 4. The van der Waals surface area contributed by atoms with Crippen molar-refractivity contribution in [1.82, 2.24) is 19.7 Å². The van der Waals surface area contributed by atoms with Gasteiger partial charge in [-0.2, -0.15) is 9.78 Å². The number of anilines is 1. The summed E-state index contributed by atoms with van der Waals surface area (Å²) in [4.78, 5) is 34.5. The normalized spacial score (nSPS) is 11.2. The Hall–Kier alpha value is -4.37. The van der Waals surface area contributed by atoms with Crippen molar-refractivity contribution in [2.75, 3.05) is 11.9 Å². The number of nitrogens with one attached hydrogen (secondary N) is 1. The molecule has 35 heavy (non-hydrogen) atoms. The van der Waals surface area contributed by atoms with Crippen LogP contribution in [-0.2, 0) is 19.9 Å². The van der Waals surface area contributed by atoms with Gasteiger partial charge in [0, 0.05) is 17.5 Å². The molecule has 2 N–H and O–H groups in total. The molecule has 2 aromatic carbocycles. The Labute approximate surface area is 202 Å². The summed E-state index contributed by atoms with van der Waals surface area (Å²) in [5.41, 5.74) is 0.742. The number of rotatable bonds is 7. The third-order valence-electron chi connectivity index (χ3n) is 5.27. The van der Waals surface area contributed by atoms with E-state index in [1.165, 1.54) is 4.68 Å². The van der Waals surface area contributed by atoms with E-state index in [2.05, 4.69) is 20.4 Å². The van der Waals surface area contributed by atoms with Crippen LogP contribution >= 0.6 is 0 Å². The molecule has 0 atom stereocenters. The van der Waals surface area contributed by atoms with Crippen LogP contribution in [0, 0.1) is 20.8 Å². The van der Waals surface area contributed by atoms with Crippen LogP contribution in [0.15, 0.2) is 72.8 Å². The topological polar surface area (TPSA) is 119 Å². The zero-order valence-electron chi connectivity index (χ0n) is 19.6. The van der Waals surface area contributed by atoms with E-state index in [1.54, 1.807) is 73.7 Å². The number of aliphatic hydroxyl groups is 1. The van der Waals surface area contributed by atoms with Crippen molar-refractivity contribution in [2.24, 2.45) is 0 Å². The number of aryl methyl sites for hydroxylation is 3. The summed E-state index contributed by atoms with van der Waals surface area (Å²) >= 11 is 0. The highest BCUT2D eigenvalue weighted by Gasteiger charge is 2.41. The Morgan fingerprint density at radius 1 is 0.886 bits per heavy atom. The molecule has 9 nitrogen and oxygen atoms in total. The summed E-state index contributed by atoms with van der Waals surface area (Å²) in [6.07, 6.45) is 0. The summed E-state index contributed by atoms with van der Waals surface area (Å²) in [5, 5.41) is 18.5. The molecule has 2 aromatic heterocycles. The molecule has 9 heteroatoms. The Balaban J connectivity index is 1.52. The van der Waals surface area contributed by atoms with Gasteiger partial charge in [0.15, 0.2) is 6.61 Å². The van der Waals surface area contributed by atoms with Gasteiger partial charge in [-0.15, -0.1) is 0 Å². The monoisotopic (exact) mass is 471 g/mol. The van der Waals surface area contributed by atoms with Gasteiger partial charge < -0.3 is 15.2 Å². The minimum atomic E-state index is -2.08. The first-order chi connectivity index (χ1) is 16.8. The van der Waals surface area contributed by atoms with Gasteiger partial charge in [0.1, 0.15) is 5.82 Å². The van der Waals surface area contributed by atoms with Gasteiger partial charge in [0.2, 0.25) is 5.60 Å². The van der Waals surface area contributed by atoms with Crippen molar-refractivity contribution < 1.29 is 19.4 Å². The van der Waals surface area contributed by atoms with E-state index < -0.39 is 24.1 Å². The first-order valence-corrected chi connectivity index (χ1v) is 11.0. The van der Waals surface area contributed by atoms with E-state index in [-0.39, 0.29) is 0 Å². The molecule has 0 aliphatic carbocycles. The highest BCUT2D eigenvalue weighted by atomic mass is 16.6. The van der Waals surface area contributed by atoms with E-state index in [9.17, 15) is 14.7 Å². The Morgan fingerprint density at radius 2 is 1.43 bits per heavy atom. The molecule has 0 aliphatic rings. The lowest BCUT2D eigenvalue weighted by Crippen LogP contribution is -2.40. The minimum Gasteiger partial charge on any atom is -0.453 e. The molecule has 1 amide bonds. The van der Waals surface area contributed by atoms with E-state index in [4.69, 9.17) is 4.74 Å². The van der Waals surface area contributed by atoms with Crippen LogP contribution in [0.3, 0.4) is 0 Å². The Kier molecular flexibility index (Phi) is 6.70. The maximum Gasteiger partial charge on any atom is 0.348 e. The summed E-state index contributed by atoms with van der Waals surface area (Å²) in [5.74, 6) is -0.930. The first kappa shape index (κ1) is 23.8.